The van der Waals surface area contributed by atoms with E-state index in [0.717, 1.165) is 0 Å². The van der Waals surface area contributed by atoms with Gasteiger partial charge in [-0.25, -0.2) is 4.39 Å². The van der Waals surface area contributed by atoms with Crippen LogP contribution < -0.4 is 0 Å². The maximum absolute atomic E-state index is 13.4. The highest BCUT2D eigenvalue weighted by molar-refractivity contribution is 9.10. The lowest BCUT2D eigenvalue weighted by atomic mass is 10.0. The molecule has 19 heavy (non-hydrogen) atoms. The summed E-state index contributed by atoms with van der Waals surface area (Å²) in [6.45, 7) is 0. The van der Waals surface area contributed by atoms with Crippen LogP contribution in [0.5, 0.6) is 0 Å². The molecule has 0 saturated heterocycles. The maximum Gasteiger partial charge on any atom is 0.137 e. The van der Waals surface area contributed by atoms with E-state index >= 15 is 0 Å². The molecule has 0 aliphatic carbocycles. The lowest BCUT2D eigenvalue weighted by Crippen LogP contribution is -2.04. The van der Waals surface area contributed by atoms with E-state index < -0.39 is 6.10 Å². The molecule has 0 amide bonds. The molecule has 0 spiro atoms. The first kappa shape index (κ1) is 14.8. The van der Waals surface area contributed by atoms with Crippen LogP contribution in [0.15, 0.2) is 40.9 Å². The normalized spacial score (nSPS) is 12.5. The Morgan fingerprint density at radius 3 is 2.58 bits per heavy atom. The summed E-state index contributed by atoms with van der Waals surface area (Å²) in [5, 5.41) is 10.9. The molecule has 0 bridgehead atoms. The first-order valence-electron chi connectivity index (χ1n) is 5.55. The van der Waals surface area contributed by atoms with E-state index in [1.807, 2.05) is 0 Å². The summed E-state index contributed by atoms with van der Waals surface area (Å²) in [5.41, 5.74) is 1.20. The number of hydrogen-bond acceptors (Lipinski definition) is 1. The first-order chi connectivity index (χ1) is 9.00. The van der Waals surface area contributed by atoms with Gasteiger partial charge in [-0.3, -0.25) is 0 Å². The van der Waals surface area contributed by atoms with Gasteiger partial charge in [0.25, 0.3) is 0 Å². The molecule has 5 heteroatoms. The van der Waals surface area contributed by atoms with Gasteiger partial charge in [-0.05, 0) is 33.6 Å². The fourth-order valence-electron chi connectivity index (χ4n) is 1.80. The summed E-state index contributed by atoms with van der Waals surface area (Å²) in [6, 6.07) is 9.76. The fraction of sp³-hybridized carbons (Fsp3) is 0.143. The molecular formula is C14H10BrCl2FO. The van der Waals surface area contributed by atoms with E-state index in [4.69, 9.17) is 23.2 Å². The van der Waals surface area contributed by atoms with Gasteiger partial charge in [-0.15, -0.1) is 0 Å². The second-order valence-electron chi connectivity index (χ2n) is 4.08. The van der Waals surface area contributed by atoms with Crippen molar-refractivity contribution in [3.05, 3.63) is 67.9 Å². The van der Waals surface area contributed by atoms with Crippen LogP contribution in [0.4, 0.5) is 4.39 Å². The minimum atomic E-state index is -0.843. The highest BCUT2D eigenvalue weighted by Crippen LogP contribution is 2.33. The van der Waals surface area contributed by atoms with Gasteiger partial charge in [0.05, 0.1) is 20.6 Å². The molecule has 2 aromatic rings. The molecule has 1 N–H and O–H groups in total. The zero-order chi connectivity index (χ0) is 14.0. The zero-order valence-electron chi connectivity index (χ0n) is 9.71. The van der Waals surface area contributed by atoms with Crippen molar-refractivity contribution in [2.45, 2.75) is 12.5 Å². The molecule has 100 valence electrons. The van der Waals surface area contributed by atoms with Crippen molar-refractivity contribution in [2.75, 3.05) is 0 Å². The Morgan fingerprint density at radius 1 is 1.16 bits per heavy atom. The van der Waals surface area contributed by atoms with Crippen molar-refractivity contribution in [1.82, 2.24) is 0 Å². The lowest BCUT2D eigenvalue weighted by molar-refractivity contribution is 0.178. The minimum Gasteiger partial charge on any atom is -0.388 e. The third-order valence-corrected chi connectivity index (χ3v) is 4.51. The Kier molecular flexibility index (Phi) is 4.85. The van der Waals surface area contributed by atoms with Crippen molar-refractivity contribution >= 4 is 39.1 Å². The summed E-state index contributed by atoms with van der Waals surface area (Å²) >= 11 is 15.1. The molecule has 0 heterocycles. The predicted octanol–water partition coefficient (Wildman–Crippen LogP) is 5.17. The molecule has 0 aliphatic rings. The van der Waals surface area contributed by atoms with E-state index in [1.54, 1.807) is 30.3 Å². The maximum atomic E-state index is 13.4. The van der Waals surface area contributed by atoms with Gasteiger partial charge in [0.1, 0.15) is 5.82 Å². The molecule has 1 atom stereocenters. The van der Waals surface area contributed by atoms with Crippen molar-refractivity contribution in [1.29, 1.82) is 0 Å². The molecule has 0 fully saturated rings. The van der Waals surface area contributed by atoms with Crippen molar-refractivity contribution in [3.8, 4) is 0 Å². The third kappa shape index (κ3) is 3.29. The fourth-order valence-corrected chi connectivity index (χ4v) is 2.66. The standard InChI is InChI=1S/C14H10BrCl2FO/c15-13-8(3-1-6-11(13)18)7-12(19)9-4-2-5-10(16)14(9)17/h1-6,12,19H,7H2. The van der Waals surface area contributed by atoms with Gasteiger partial charge < -0.3 is 5.11 Å². The van der Waals surface area contributed by atoms with Crippen LogP contribution in [0.25, 0.3) is 0 Å². The molecule has 0 saturated carbocycles. The summed E-state index contributed by atoms with van der Waals surface area (Å²) in [4.78, 5) is 0. The van der Waals surface area contributed by atoms with Gasteiger partial charge in [-0.1, -0.05) is 47.5 Å². The van der Waals surface area contributed by atoms with Crippen molar-refractivity contribution < 1.29 is 9.50 Å². The first-order valence-corrected chi connectivity index (χ1v) is 7.10. The zero-order valence-corrected chi connectivity index (χ0v) is 12.8. The second-order valence-corrected chi connectivity index (χ2v) is 5.65. The van der Waals surface area contributed by atoms with Crippen molar-refractivity contribution in [2.24, 2.45) is 0 Å². The average molecular weight is 364 g/mol. The summed E-state index contributed by atoms with van der Waals surface area (Å²) in [5.74, 6) is -0.359. The molecule has 0 radical (unpaired) electrons. The van der Waals surface area contributed by atoms with Crippen LogP contribution in [-0.4, -0.2) is 5.11 Å². The van der Waals surface area contributed by atoms with E-state index in [9.17, 15) is 9.50 Å². The lowest BCUT2D eigenvalue weighted by Gasteiger charge is -2.14. The summed E-state index contributed by atoms with van der Waals surface area (Å²) < 4.78 is 13.8. The molecule has 0 aliphatic heterocycles. The topological polar surface area (TPSA) is 20.2 Å². The van der Waals surface area contributed by atoms with Gasteiger partial charge >= 0.3 is 0 Å². The minimum absolute atomic E-state index is 0.248. The van der Waals surface area contributed by atoms with Crippen molar-refractivity contribution in [3.63, 3.8) is 0 Å². The van der Waals surface area contributed by atoms with Gasteiger partial charge in [-0.2, -0.15) is 0 Å². The Morgan fingerprint density at radius 2 is 1.84 bits per heavy atom. The van der Waals surface area contributed by atoms with Crippen LogP contribution >= 0.6 is 39.1 Å². The van der Waals surface area contributed by atoms with Gasteiger partial charge in [0.15, 0.2) is 0 Å². The number of benzene rings is 2. The van der Waals surface area contributed by atoms with Crippen LogP contribution in [-0.2, 0) is 6.42 Å². The highest BCUT2D eigenvalue weighted by atomic mass is 79.9. The number of aliphatic hydroxyl groups excluding tert-OH is 1. The van der Waals surface area contributed by atoms with Gasteiger partial charge in [0.2, 0.25) is 0 Å². The van der Waals surface area contributed by atoms with E-state index in [0.29, 0.717) is 25.6 Å². The molecule has 1 nitrogen and oxygen atoms in total. The quantitative estimate of drug-likeness (QED) is 0.797. The van der Waals surface area contributed by atoms with Crippen LogP contribution in [0.2, 0.25) is 10.0 Å². The Bertz CT molecular complexity index is 604. The number of halogens is 4. The van der Waals surface area contributed by atoms with E-state index in [-0.39, 0.29) is 12.2 Å². The number of aliphatic hydroxyl groups is 1. The number of hydrogen-bond donors (Lipinski definition) is 1. The molecular weight excluding hydrogens is 354 g/mol. The van der Waals surface area contributed by atoms with Crippen LogP contribution in [0.1, 0.15) is 17.2 Å². The predicted molar refractivity (Wildman–Crippen MR) is 79.2 cm³/mol. The monoisotopic (exact) mass is 362 g/mol. The third-order valence-electron chi connectivity index (χ3n) is 2.79. The number of rotatable bonds is 3. The highest BCUT2D eigenvalue weighted by Gasteiger charge is 2.16. The smallest absolute Gasteiger partial charge is 0.137 e. The largest absolute Gasteiger partial charge is 0.388 e. The van der Waals surface area contributed by atoms with E-state index in [1.165, 1.54) is 6.07 Å². The molecule has 1 unspecified atom stereocenters. The molecule has 0 aromatic heterocycles. The Hall–Kier alpha value is -0.610. The van der Waals surface area contributed by atoms with Crippen LogP contribution in [0, 0.1) is 5.82 Å². The summed E-state index contributed by atoms with van der Waals surface area (Å²) in [7, 11) is 0. The SMILES string of the molecule is OC(Cc1cccc(F)c1Br)c1cccc(Cl)c1Cl. The Labute approximate surface area is 129 Å². The van der Waals surface area contributed by atoms with Crippen LogP contribution in [0.3, 0.4) is 0 Å². The second kappa shape index (κ2) is 6.23. The Balaban J connectivity index is 2.28. The molecule has 2 rings (SSSR count). The van der Waals surface area contributed by atoms with Gasteiger partial charge in [0, 0.05) is 12.0 Å². The van der Waals surface area contributed by atoms with E-state index in [2.05, 4.69) is 15.9 Å². The molecule has 2 aromatic carbocycles. The summed E-state index contributed by atoms with van der Waals surface area (Å²) in [6.07, 6.45) is -0.595. The average Bonchev–Trinajstić information content (AvgIpc) is 2.38.